The molecule has 2 rings (SSSR count). The van der Waals surface area contributed by atoms with Gasteiger partial charge in [0.2, 0.25) is 5.91 Å². The highest BCUT2D eigenvalue weighted by atomic mass is 35.5. The number of amides is 1. The molecular formula is C20H33ClFN3O. The Labute approximate surface area is 163 Å². The molecule has 0 aliphatic carbocycles. The van der Waals surface area contributed by atoms with Crippen molar-refractivity contribution in [2.45, 2.75) is 39.2 Å². The number of piperidine rings is 1. The summed E-state index contributed by atoms with van der Waals surface area (Å²) in [7, 11) is 1.99. The van der Waals surface area contributed by atoms with Crippen molar-refractivity contribution in [2.24, 2.45) is 11.8 Å². The standard InChI is InChI=1S/C20H32FN3O.ClH/c1-15(2)20(17-4-6-18(21)7-5-17)23-19(25)14-24-12-9-16(10-13-24)8-11-22-3;/h4-7,15-16,20,22H,8-14H2,1-3H3,(H,23,25);1H. The third-order valence-corrected chi connectivity index (χ3v) is 5.09. The highest BCUT2D eigenvalue weighted by molar-refractivity contribution is 5.85. The summed E-state index contributed by atoms with van der Waals surface area (Å²) < 4.78 is 13.1. The maximum atomic E-state index is 13.1. The highest BCUT2D eigenvalue weighted by Gasteiger charge is 2.23. The number of hydrogen-bond donors (Lipinski definition) is 2. The molecule has 1 heterocycles. The van der Waals surface area contributed by atoms with Crippen molar-refractivity contribution < 1.29 is 9.18 Å². The van der Waals surface area contributed by atoms with Crippen molar-refractivity contribution in [2.75, 3.05) is 33.2 Å². The minimum Gasteiger partial charge on any atom is -0.348 e. The lowest BCUT2D eigenvalue weighted by molar-refractivity contribution is -0.123. The fourth-order valence-corrected chi connectivity index (χ4v) is 3.51. The quantitative estimate of drug-likeness (QED) is 0.721. The minimum absolute atomic E-state index is 0. The number of benzene rings is 1. The third-order valence-electron chi connectivity index (χ3n) is 5.09. The van der Waals surface area contributed by atoms with Gasteiger partial charge >= 0.3 is 0 Å². The van der Waals surface area contributed by atoms with Gasteiger partial charge in [-0.15, -0.1) is 12.4 Å². The molecule has 26 heavy (non-hydrogen) atoms. The molecule has 0 saturated carbocycles. The van der Waals surface area contributed by atoms with Crippen molar-refractivity contribution in [1.82, 2.24) is 15.5 Å². The Hall–Kier alpha value is -1.17. The van der Waals surface area contributed by atoms with Crippen LogP contribution >= 0.6 is 12.4 Å². The Morgan fingerprint density at radius 2 is 1.85 bits per heavy atom. The molecule has 1 aromatic rings. The number of carbonyl (C=O) groups excluding carboxylic acids is 1. The van der Waals surface area contributed by atoms with Gasteiger partial charge in [-0.1, -0.05) is 26.0 Å². The summed E-state index contributed by atoms with van der Waals surface area (Å²) in [5.41, 5.74) is 0.954. The summed E-state index contributed by atoms with van der Waals surface area (Å²) in [6.07, 6.45) is 3.55. The van der Waals surface area contributed by atoms with Gasteiger partial charge in [0.1, 0.15) is 5.82 Å². The first kappa shape index (κ1) is 22.9. The summed E-state index contributed by atoms with van der Waals surface area (Å²) >= 11 is 0. The predicted molar refractivity (Wildman–Crippen MR) is 107 cm³/mol. The fourth-order valence-electron chi connectivity index (χ4n) is 3.51. The Balaban J connectivity index is 0.00000338. The van der Waals surface area contributed by atoms with Gasteiger partial charge < -0.3 is 10.6 Å². The molecule has 148 valence electrons. The summed E-state index contributed by atoms with van der Waals surface area (Å²) in [5.74, 6) is 0.825. The molecule has 0 spiro atoms. The van der Waals surface area contributed by atoms with Crippen molar-refractivity contribution in [1.29, 1.82) is 0 Å². The van der Waals surface area contributed by atoms with E-state index in [4.69, 9.17) is 0 Å². The smallest absolute Gasteiger partial charge is 0.234 e. The molecule has 1 aliphatic rings. The summed E-state index contributed by atoms with van der Waals surface area (Å²) in [6.45, 7) is 7.64. The van der Waals surface area contributed by atoms with Crippen LogP contribution in [0.15, 0.2) is 24.3 Å². The van der Waals surface area contributed by atoms with Gasteiger partial charge in [-0.05, 0) is 75.5 Å². The van der Waals surface area contributed by atoms with E-state index < -0.39 is 0 Å². The van der Waals surface area contributed by atoms with Crippen molar-refractivity contribution in [3.63, 3.8) is 0 Å². The van der Waals surface area contributed by atoms with E-state index in [1.54, 1.807) is 12.1 Å². The van der Waals surface area contributed by atoms with Crippen molar-refractivity contribution in [3.8, 4) is 0 Å². The van der Waals surface area contributed by atoms with Crippen LogP contribution in [0.3, 0.4) is 0 Å². The second kappa shape index (κ2) is 11.5. The third kappa shape index (κ3) is 7.22. The van der Waals surface area contributed by atoms with Gasteiger partial charge in [-0.25, -0.2) is 4.39 Å². The van der Waals surface area contributed by atoms with Crippen LogP contribution in [-0.2, 0) is 4.79 Å². The van der Waals surface area contributed by atoms with Gasteiger partial charge in [0.25, 0.3) is 0 Å². The van der Waals surface area contributed by atoms with Crippen LogP contribution < -0.4 is 10.6 Å². The molecule has 1 unspecified atom stereocenters. The van der Waals surface area contributed by atoms with Crippen LogP contribution in [0.25, 0.3) is 0 Å². The van der Waals surface area contributed by atoms with E-state index in [-0.39, 0.29) is 36.1 Å². The number of carbonyl (C=O) groups is 1. The normalized spacial score (nSPS) is 17.0. The Kier molecular flexibility index (Phi) is 10.1. The van der Waals surface area contributed by atoms with Crippen molar-refractivity contribution >= 4 is 18.3 Å². The molecule has 2 N–H and O–H groups in total. The lowest BCUT2D eigenvalue weighted by atomic mass is 9.93. The maximum Gasteiger partial charge on any atom is 0.234 e. The largest absolute Gasteiger partial charge is 0.348 e. The van der Waals surface area contributed by atoms with E-state index in [1.807, 2.05) is 7.05 Å². The van der Waals surface area contributed by atoms with E-state index in [0.29, 0.717) is 6.54 Å². The Morgan fingerprint density at radius 3 is 2.38 bits per heavy atom. The van der Waals surface area contributed by atoms with Crippen molar-refractivity contribution in [3.05, 3.63) is 35.6 Å². The lowest BCUT2D eigenvalue weighted by Crippen LogP contribution is -2.43. The van der Waals surface area contributed by atoms with E-state index in [1.165, 1.54) is 31.4 Å². The van der Waals surface area contributed by atoms with Crippen LogP contribution in [0.4, 0.5) is 4.39 Å². The van der Waals surface area contributed by atoms with Crippen LogP contribution in [0.2, 0.25) is 0 Å². The van der Waals surface area contributed by atoms with Gasteiger partial charge in [-0.2, -0.15) is 0 Å². The lowest BCUT2D eigenvalue weighted by Gasteiger charge is -2.32. The first-order chi connectivity index (χ1) is 12.0. The number of halogens is 2. The molecule has 0 radical (unpaired) electrons. The minimum atomic E-state index is -0.251. The summed E-state index contributed by atoms with van der Waals surface area (Å²) in [5, 5.41) is 6.34. The van der Waals surface area contributed by atoms with Gasteiger partial charge in [0.15, 0.2) is 0 Å². The average molecular weight is 386 g/mol. The molecule has 1 amide bonds. The number of rotatable bonds is 8. The van der Waals surface area contributed by atoms with Crippen LogP contribution in [0.5, 0.6) is 0 Å². The van der Waals surface area contributed by atoms with Gasteiger partial charge in [0.05, 0.1) is 12.6 Å². The van der Waals surface area contributed by atoms with Crippen LogP contribution in [0, 0.1) is 17.7 Å². The van der Waals surface area contributed by atoms with Gasteiger partial charge in [0, 0.05) is 0 Å². The predicted octanol–water partition coefficient (Wildman–Crippen LogP) is 3.38. The molecular weight excluding hydrogens is 353 g/mol. The topological polar surface area (TPSA) is 44.4 Å². The number of hydrogen-bond acceptors (Lipinski definition) is 3. The van der Waals surface area contributed by atoms with Crippen LogP contribution in [0.1, 0.15) is 44.7 Å². The number of nitrogens with one attached hydrogen (secondary N) is 2. The second-order valence-corrected chi connectivity index (χ2v) is 7.45. The maximum absolute atomic E-state index is 13.1. The number of nitrogens with zero attached hydrogens (tertiary/aromatic N) is 1. The zero-order valence-electron chi connectivity index (χ0n) is 16.1. The highest BCUT2D eigenvalue weighted by Crippen LogP contribution is 2.23. The molecule has 1 aromatic carbocycles. The molecule has 0 aromatic heterocycles. The molecule has 1 atom stereocenters. The van der Waals surface area contributed by atoms with Gasteiger partial charge in [-0.3, -0.25) is 9.69 Å². The van der Waals surface area contributed by atoms with E-state index >= 15 is 0 Å². The molecule has 1 aliphatic heterocycles. The SMILES string of the molecule is CNCCC1CCN(CC(=O)NC(c2ccc(F)cc2)C(C)C)CC1.Cl. The molecule has 1 fully saturated rings. The fraction of sp³-hybridized carbons (Fsp3) is 0.650. The zero-order chi connectivity index (χ0) is 18.2. The summed E-state index contributed by atoms with van der Waals surface area (Å²) in [4.78, 5) is 14.7. The second-order valence-electron chi connectivity index (χ2n) is 7.45. The first-order valence-corrected chi connectivity index (χ1v) is 9.41. The average Bonchev–Trinajstić information content (AvgIpc) is 2.60. The van der Waals surface area contributed by atoms with E-state index in [9.17, 15) is 9.18 Å². The van der Waals surface area contributed by atoms with E-state index in [2.05, 4.69) is 29.4 Å². The number of likely N-dealkylation sites (tertiary alicyclic amines) is 1. The molecule has 4 nitrogen and oxygen atoms in total. The van der Waals surface area contributed by atoms with E-state index in [0.717, 1.165) is 31.1 Å². The summed E-state index contributed by atoms with van der Waals surface area (Å²) in [6, 6.07) is 6.34. The Morgan fingerprint density at radius 1 is 1.23 bits per heavy atom. The monoisotopic (exact) mass is 385 g/mol. The van der Waals surface area contributed by atoms with Crippen LogP contribution in [-0.4, -0.2) is 44.0 Å². The zero-order valence-corrected chi connectivity index (χ0v) is 16.9. The Bertz CT molecular complexity index is 530. The first-order valence-electron chi connectivity index (χ1n) is 9.41. The molecule has 0 bridgehead atoms. The molecule has 1 saturated heterocycles. The molecule has 6 heteroatoms.